The van der Waals surface area contributed by atoms with Crippen molar-refractivity contribution < 1.29 is 14.7 Å². The van der Waals surface area contributed by atoms with Crippen LogP contribution < -0.4 is 10.2 Å². The summed E-state index contributed by atoms with van der Waals surface area (Å²) in [7, 11) is 1.59. The SMILES string of the molecule is CNC(=O)CN(CCCC(=O)O)c1ccccc1. The van der Waals surface area contributed by atoms with Crippen LogP contribution in [0.3, 0.4) is 0 Å². The van der Waals surface area contributed by atoms with Gasteiger partial charge in [0.2, 0.25) is 5.91 Å². The van der Waals surface area contributed by atoms with Gasteiger partial charge in [-0.25, -0.2) is 0 Å². The van der Waals surface area contributed by atoms with Crippen LogP contribution in [0.1, 0.15) is 12.8 Å². The minimum absolute atomic E-state index is 0.0887. The van der Waals surface area contributed by atoms with E-state index in [-0.39, 0.29) is 18.9 Å². The maximum absolute atomic E-state index is 11.4. The number of amides is 1. The molecule has 0 radical (unpaired) electrons. The number of carbonyl (C=O) groups excluding carboxylic acids is 1. The smallest absolute Gasteiger partial charge is 0.303 e. The van der Waals surface area contributed by atoms with Crippen LogP contribution in [0, 0.1) is 0 Å². The molecule has 1 amide bonds. The molecule has 0 unspecified atom stereocenters. The molecular weight excluding hydrogens is 232 g/mol. The van der Waals surface area contributed by atoms with Gasteiger partial charge in [0, 0.05) is 25.7 Å². The molecule has 1 rings (SSSR count). The van der Waals surface area contributed by atoms with E-state index >= 15 is 0 Å². The molecular formula is C13H18N2O3. The standard InChI is InChI=1S/C13H18N2O3/c1-14-12(16)10-15(9-5-8-13(17)18)11-6-3-2-4-7-11/h2-4,6-7H,5,8-10H2,1H3,(H,14,16)(H,17,18). The molecule has 18 heavy (non-hydrogen) atoms. The van der Waals surface area contributed by atoms with E-state index < -0.39 is 5.97 Å². The maximum atomic E-state index is 11.4. The number of carboxylic acid groups (broad SMARTS) is 1. The molecule has 0 fully saturated rings. The first-order valence-electron chi connectivity index (χ1n) is 5.86. The molecule has 5 heteroatoms. The van der Waals surface area contributed by atoms with Crippen LogP contribution >= 0.6 is 0 Å². The highest BCUT2D eigenvalue weighted by Gasteiger charge is 2.10. The first-order chi connectivity index (χ1) is 8.63. The zero-order valence-electron chi connectivity index (χ0n) is 10.4. The molecule has 98 valence electrons. The van der Waals surface area contributed by atoms with Crippen LogP contribution in [-0.4, -0.2) is 37.1 Å². The van der Waals surface area contributed by atoms with Gasteiger partial charge >= 0.3 is 5.97 Å². The number of para-hydroxylation sites is 1. The van der Waals surface area contributed by atoms with Crippen molar-refractivity contribution in [3.8, 4) is 0 Å². The van der Waals surface area contributed by atoms with Crippen LogP contribution in [0.25, 0.3) is 0 Å². The average Bonchev–Trinajstić information content (AvgIpc) is 2.38. The van der Waals surface area contributed by atoms with Gasteiger partial charge in [-0.1, -0.05) is 18.2 Å². The Hall–Kier alpha value is -2.04. The van der Waals surface area contributed by atoms with Crippen molar-refractivity contribution in [3.05, 3.63) is 30.3 Å². The van der Waals surface area contributed by atoms with Gasteiger partial charge in [0.15, 0.2) is 0 Å². The van der Waals surface area contributed by atoms with Crippen molar-refractivity contribution in [2.45, 2.75) is 12.8 Å². The molecule has 0 aliphatic rings. The quantitative estimate of drug-likeness (QED) is 0.760. The Morgan fingerprint density at radius 2 is 1.94 bits per heavy atom. The number of likely N-dealkylation sites (N-methyl/N-ethyl adjacent to an activating group) is 1. The van der Waals surface area contributed by atoms with E-state index in [1.54, 1.807) is 7.05 Å². The van der Waals surface area contributed by atoms with E-state index in [4.69, 9.17) is 5.11 Å². The van der Waals surface area contributed by atoms with E-state index in [0.29, 0.717) is 13.0 Å². The third-order valence-electron chi connectivity index (χ3n) is 2.55. The monoisotopic (exact) mass is 250 g/mol. The Morgan fingerprint density at radius 3 is 2.50 bits per heavy atom. The predicted octanol–water partition coefficient (Wildman–Crippen LogP) is 1.10. The van der Waals surface area contributed by atoms with Gasteiger partial charge in [0.05, 0.1) is 6.54 Å². The molecule has 0 heterocycles. The summed E-state index contributed by atoms with van der Waals surface area (Å²) in [5, 5.41) is 11.2. The molecule has 0 atom stereocenters. The average molecular weight is 250 g/mol. The summed E-state index contributed by atoms with van der Waals surface area (Å²) >= 11 is 0. The van der Waals surface area contributed by atoms with Crippen molar-refractivity contribution in [1.82, 2.24) is 5.32 Å². The van der Waals surface area contributed by atoms with Crippen LogP contribution in [0.5, 0.6) is 0 Å². The molecule has 0 saturated carbocycles. The van der Waals surface area contributed by atoms with Crippen LogP contribution in [-0.2, 0) is 9.59 Å². The van der Waals surface area contributed by atoms with Gasteiger partial charge < -0.3 is 15.3 Å². The molecule has 2 N–H and O–H groups in total. The van der Waals surface area contributed by atoms with Crippen LogP contribution in [0.2, 0.25) is 0 Å². The summed E-state index contributed by atoms with van der Waals surface area (Å²) in [5.41, 5.74) is 0.923. The van der Waals surface area contributed by atoms with E-state index in [9.17, 15) is 9.59 Å². The molecule has 0 aliphatic heterocycles. The summed E-state index contributed by atoms with van der Waals surface area (Å²) in [6.07, 6.45) is 0.623. The van der Waals surface area contributed by atoms with E-state index in [1.807, 2.05) is 35.2 Å². The molecule has 0 bridgehead atoms. The number of benzene rings is 1. The number of aliphatic carboxylic acids is 1. The molecule has 1 aromatic carbocycles. The highest BCUT2D eigenvalue weighted by atomic mass is 16.4. The minimum Gasteiger partial charge on any atom is -0.481 e. The largest absolute Gasteiger partial charge is 0.481 e. The van der Waals surface area contributed by atoms with Crippen molar-refractivity contribution in [2.75, 3.05) is 25.0 Å². The number of carboxylic acids is 1. The highest BCUT2D eigenvalue weighted by molar-refractivity contribution is 5.81. The number of carbonyl (C=O) groups is 2. The van der Waals surface area contributed by atoms with Gasteiger partial charge in [-0.3, -0.25) is 9.59 Å². The maximum Gasteiger partial charge on any atom is 0.303 e. The summed E-state index contributed by atoms with van der Waals surface area (Å²) in [4.78, 5) is 23.8. The Balaban J connectivity index is 2.63. The first-order valence-corrected chi connectivity index (χ1v) is 5.86. The Labute approximate surface area is 106 Å². The summed E-state index contributed by atoms with van der Waals surface area (Å²) in [5.74, 6) is -0.905. The van der Waals surface area contributed by atoms with Gasteiger partial charge in [0.1, 0.15) is 0 Å². The summed E-state index contributed by atoms with van der Waals surface area (Å²) in [6.45, 7) is 0.782. The molecule has 1 aromatic rings. The topological polar surface area (TPSA) is 69.6 Å². The third kappa shape index (κ3) is 4.86. The van der Waals surface area contributed by atoms with Crippen molar-refractivity contribution >= 4 is 17.6 Å². The van der Waals surface area contributed by atoms with Crippen LogP contribution in [0.15, 0.2) is 30.3 Å². The fraction of sp³-hybridized carbons (Fsp3) is 0.385. The number of hydrogen-bond donors (Lipinski definition) is 2. The fourth-order valence-corrected chi connectivity index (χ4v) is 1.61. The van der Waals surface area contributed by atoms with E-state index in [0.717, 1.165) is 5.69 Å². The summed E-state index contributed by atoms with van der Waals surface area (Å²) < 4.78 is 0. The number of hydrogen-bond acceptors (Lipinski definition) is 3. The van der Waals surface area contributed by atoms with Gasteiger partial charge in [-0.15, -0.1) is 0 Å². The van der Waals surface area contributed by atoms with Crippen molar-refractivity contribution in [1.29, 1.82) is 0 Å². The molecule has 5 nitrogen and oxygen atoms in total. The van der Waals surface area contributed by atoms with Gasteiger partial charge in [-0.05, 0) is 18.6 Å². The Bertz CT molecular complexity index is 392. The number of nitrogens with one attached hydrogen (secondary N) is 1. The summed E-state index contributed by atoms with van der Waals surface area (Å²) in [6, 6.07) is 9.50. The third-order valence-corrected chi connectivity index (χ3v) is 2.55. The second-order valence-electron chi connectivity index (χ2n) is 3.93. The van der Waals surface area contributed by atoms with E-state index in [1.165, 1.54) is 0 Å². The number of anilines is 1. The Kier molecular flexibility index (Phi) is 5.70. The lowest BCUT2D eigenvalue weighted by atomic mass is 10.2. The molecule has 0 aromatic heterocycles. The second kappa shape index (κ2) is 7.32. The fourth-order valence-electron chi connectivity index (χ4n) is 1.61. The molecule has 0 spiro atoms. The van der Waals surface area contributed by atoms with Crippen LogP contribution in [0.4, 0.5) is 5.69 Å². The number of rotatable bonds is 7. The molecule has 0 aliphatic carbocycles. The minimum atomic E-state index is -0.817. The lowest BCUT2D eigenvalue weighted by Crippen LogP contribution is -2.36. The second-order valence-corrected chi connectivity index (χ2v) is 3.93. The molecule has 0 saturated heterocycles. The van der Waals surface area contributed by atoms with Gasteiger partial charge in [0.25, 0.3) is 0 Å². The first kappa shape index (κ1) is 14.0. The van der Waals surface area contributed by atoms with Gasteiger partial charge in [-0.2, -0.15) is 0 Å². The lowest BCUT2D eigenvalue weighted by molar-refractivity contribution is -0.137. The normalized spacial score (nSPS) is 9.83. The highest BCUT2D eigenvalue weighted by Crippen LogP contribution is 2.13. The van der Waals surface area contributed by atoms with Crippen molar-refractivity contribution in [2.24, 2.45) is 0 Å². The van der Waals surface area contributed by atoms with Crippen molar-refractivity contribution in [3.63, 3.8) is 0 Å². The lowest BCUT2D eigenvalue weighted by Gasteiger charge is -2.23. The van der Waals surface area contributed by atoms with E-state index in [2.05, 4.69) is 5.32 Å². The zero-order chi connectivity index (χ0) is 13.4. The number of nitrogens with zero attached hydrogens (tertiary/aromatic N) is 1. The Morgan fingerprint density at radius 1 is 1.28 bits per heavy atom. The zero-order valence-corrected chi connectivity index (χ0v) is 10.4. The predicted molar refractivity (Wildman–Crippen MR) is 69.6 cm³/mol.